The topological polar surface area (TPSA) is 36.0 Å². The highest BCUT2D eigenvalue weighted by Crippen LogP contribution is 2.44. The van der Waals surface area contributed by atoms with Gasteiger partial charge in [0.1, 0.15) is 11.2 Å². The van der Waals surface area contributed by atoms with E-state index in [1.807, 2.05) is 164 Å². The van der Waals surface area contributed by atoms with Gasteiger partial charge < -0.3 is 13.7 Å². The molecule has 0 N–H and O–H groups in total. The quantitative estimate of drug-likeness (QED) is 0.129. The molecule has 0 atom stereocenters. The van der Waals surface area contributed by atoms with Crippen LogP contribution in [0, 0.1) is 0 Å². The van der Waals surface area contributed by atoms with Gasteiger partial charge in [-0.1, -0.05) is 209 Å². The summed E-state index contributed by atoms with van der Waals surface area (Å²) < 4.78 is 13.3. The van der Waals surface area contributed by atoms with Crippen LogP contribution in [0.1, 0.15) is 11.1 Å². The van der Waals surface area contributed by atoms with Gasteiger partial charge in [-0.05, 0) is 115 Å². The number of hydrogen-bond acceptors (Lipinski definition) is 5. The Bertz CT molecular complexity index is 3490. The SMILES string of the molecule is Clc1cc(Br)cc(N(c2ccccc2)c2cc3ccccc3o2)c1.Clc1cc(N(c2ccccc2)c2ccccc2)cc(N(c2ccccc2)c2cc3ccccc3o2)c1.c1ccc(Cc2ccccc2)cc1. The van der Waals surface area contributed by atoms with E-state index < -0.39 is 0 Å². The van der Waals surface area contributed by atoms with E-state index in [9.17, 15) is 0 Å². The van der Waals surface area contributed by atoms with Crippen LogP contribution in [-0.4, -0.2) is 0 Å². The Labute approximate surface area is 444 Å². The van der Waals surface area contributed by atoms with Crippen molar-refractivity contribution in [2.45, 2.75) is 6.42 Å². The zero-order valence-corrected chi connectivity index (χ0v) is 42.7. The van der Waals surface area contributed by atoms with Crippen molar-refractivity contribution in [3.05, 3.63) is 305 Å². The van der Waals surface area contributed by atoms with Gasteiger partial charge in [0.25, 0.3) is 0 Å². The molecule has 2 heterocycles. The third kappa shape index (κ3) is 12.1. The summed E-state index contributed by atoms with van der Waals surface area (Å²) in [5.74, 6) is 1.47. The van der Waals surface area contributed by atoms with Gasteiger partial charge in [-0.2, -0.15) is 0 Å². The third-order valence-electron chi connectivity index (χ3n) is 11.9. The number of nitrogens with zero attached hydrogens (tertiary/aromatic N) is 3. The van der Waals surface area contributed by atoms with Gasteiger partial charge in [-0.3, -0.25) is 9.80 Å². The van der Waals surface area contributed by atoms with E-state index in [-0.39, 0.29) is 0 Å². The van der Waals surface area contributed by atoms with Gasteiger partial charge in [0.05, 0.1) is 11.4 Å². The Balaban J connectivity index is 0.000000141. The average molecular weight is 1050 g/mol. The van der Waals surface area contributed by atoms with Crippen molar-refractivity contribution in [2.24, 2.45) is 0 Å². The highest BCUT2D eigenvalue weighted by Gasteiger charge is 2.21. The molecular formula is C65H48BrCl2N3O2. The van der Waals surface area contributed by atoms with Crippen molar-refractivity contribution in [1.82, 2.24) is 0 Å². The number of fused-ring (bicyclic) bond motifs is 2. The van der Waals surface area contributed by atoms with Crippen LogP contribution in [0.5, 0.6) is 0 Å². The summed E-state index contributed by atoms with van der Waals surface area (Å²) >= 11 is 16.6. The second kappa shape index (κ2) is 23.3. The molecule has 0 radical (unpaired) electrons. The molecule has 12 rings (SSSR count). The Morgan fingerprint density at radius 2 is 0.616 bits per heavy atom. The van der Waals surface area contributed by atoms with Crippen LogP contribution in [-0.2, 0) is 6.42 Å². The lowest BCUT2D eigenvalue weighted by Gasteiger charge is -2.28. The number of furan rings is 2. The molecule has 0 saturated carbocycles. The number of anilines is 9. The summed E-state index contributed by atoms with van der Waals surface area (Å²) in [5.41, 5.74) is 11.3. The van der Waals surface area contributed by atoms with E-state index in [0.717, 1.165) is 84.4 Å². The van der Waals surface area contributed by atoms with Crippen molar-refractivity contribution >= 4 is 113 Å². The Hall–Kier alpha value is -8.26. The minimum atomic E-state index is 0.636. The monoisotopic (exact) mass is 1050 g/mol. The molecule has 12 aromatic rings. The summed E-state index contributed by atoms with van der Waals surface area (Å²) in [6.45, 7) is 0. The lowest BCUT2D eigenvalue weighted by atomic mass is 10.1. The number of rotatable bonds is 11. The van der Waals surface area contributed by atoms with Crippen molar-refractivity contribution in [2.75, 3.05) is 14.7 Å². The lowest BCUT2D eigenvalue weighted by Crippen LogP contribution is -2.13. The van der Waals surface area contributed by atoms with E-state index in [1.54, 1.807) is 0 Å². The summed E-state index contributed by atoms with van der Waals surface area (Å²) in [6, 6.07) is 94.0. The maximum Gasteiger partial charge on any atom is 0.205 e. The predicted molar refractivity (Wildman–Crippen MR) is 310 cm³/mol. The normalized spacial score (nSPS) is 10.7. The van der Waals surface area contributed by atoms with Crippen molar-refractivity contribution in [1.29, 1.82) is 0 Å². The molecule has 10 aromatic carbocycles. The Kier molecular flexibility index (Phi) is 15.4. The van der Waals surface area contributed by atoms with Crippen LogP contribution in [0.15, 0.2) is 292 Å². The highest BCUT2D eigenvalue weighted by molar-refractivity contribution is 9.10. The summed E-state index contributed by atoms with van der Waals surface area (Å²) in [7, 11) is 0. The van der Waals surface area contributed by atoms with Gasteiger partial charge in [0.2, 0.25) is 11.8 Å². The molecule has 8 heteroatoms. The smallest absolute Gasteiger partial charge is 0.205 e. The molecule has 0 fully saturated rings. The van der Waals surface area contributed by atoms with E-state index in [4.69, 9.17) is 32.0 Å². The van der Waals surface area contributed by atoms with E-state index >= 15 is 0 Å². The molecule has 5 nitrogen and oxygen atoms in total. The minimum absolute atomic E-state index is 0.636. The standard InChI is InChI=1S/C32H23ClN2O.C20H13BrClNO.C13H12/c33-25-21-29(34(26-13-4-1-5-14-26)27-15-6-2-7-16-27)23-30(22-25)35(28-17-8-3-9-18-28)32-20-24-12-10-11-19-31(24)36-32;21-15-11-16(22)13-18(12-15)23(17-7-2-1-3-8-17)20-10-14-6-4-5-9-19(14)24-20;1-3-7-12(8-4-1)11-13-9-5-2-6-10-13/h1-23H;1-13H;1-10H,11H2. The van der Waals surface area contributed by atoms with Crippen LogP contribution >= 0.6 is 39.1 Å². The van der Waals surface area contributed by atoms with Crippen LogP contribution in [0.3, 0.4) is 0 Å². The summed E-state index contributed by atoms with van der Waals surface area (Å²) in [6.07, 6.45) is 1.03. The van der Waals surface area contributed by atoms with Crippen molar-refractivity contribution in [3.63, 3.8) is 0 Å². The zero-order valence-electron chi connectivity index (χ0n) is 39.6. The molecule has 0 amide bonds. The maximum atomic E-state index is 6.78. The maximum absolute atomic E-state index is 6.78. The van der Waals surface area contributed by atoms with E-state index in [1.165, 1.54) is 11.1 Å². The van der Waals surface area contributed by atoms with Gasteiger partial charge in [0, 0.05) is 65.9 Å². The molecule has 73 heavy (non-hydrogen) atoms. The molecule has 0 aliphatic rings. The van der Waals surface area contributed by atoms with Crippen LogP contribution in [0.4, 0.5) is 51.6 Å². The van der Waals surface area contributed by atoms with Crippen molar-refractivity contribution < 1.29 is 8.83 Å². The van der Waals surface area contributed by atoms with E-state index in [0.29, 0.717) is 10.0 Å². The molecule has 0 aliphatic heterocycles. The molecule has 0 aliphatic carbocycles. The van der Waals surface area contributed by atoms with E-state index in [2.05, 4.69) is 146 Å². The first-order valence-corrected chi connectivity index (χ1v) is 25.4. The van der Waals surface area contributed by atoms with Crippen LogP contribution in [0.2, 0.25) is 10.0 Å². The molecule has 0 saturated heterocycles. The molecule has 2 aromatic heterocycles. The minimum Gasteiger partial charge on any atom is -0.440 e. The largest absolute Gasteiger partial charge is 0.440 e. The summed E-state index contributed by atoms with van der Waals surface area (Å²) in [5, 5.41) is 3.41. The average Bonchev–Trinajstić information content (AvgIpc) is 4.05. The third-order valence-corrected chi connectivity index (χ3v) is 12.8. The fourth-order valence-corrected chi connectivity index (χ4v) is 9.70. The molecule has 0 bridgehead atoms. The Morgan fingerprint density at radius 1 is 0.301 bits per heavy atom. The predicted octanol–water partition coefficient (Wildman–Crippen LogP) is 20.6. The van der Waals surface area contributed by atoms with Gasteiger partial charge in [0.15, 0.2) is 0 Å². The fourth-order valence-electron chi connectivity index (χ4n) is 8.63. The summed E-state index contributed by atoms with van der Waals surface area (Å²) in [4.78, 5) is 6.36. The fraction of sp³-hybridized carbons (Fsp3) is 0.0154. The molecule has 356 valence electrons. The second-order valence-electron chi connectivity index (χ2n) is 17.0. The van der Waals surface area contributed by atoms with Gasteiger partial charge in [-0.15, -0.1) is 0 Å². The zero-order chi connectivity index (χ0) is 49.8. The van der Waals surface area contributed by atoms with Gasteiger partial charge in [-0.25, -0.2) is 0 Å². The second-order valence-corrected chi connectivity index (χ2v) is 18.8. The number of halogens is 3. The van der Waals surface area contributed by atoms with Crippen molar-refractivity contribution in [3.8, 4) is 0 Å². The van der Waals surface area contributed by atoms with Crippen LogP contribution in [0.25, 0.3) is 21.9 Å². The first kappa shape index (κ1) is 48.4. The van der Waals surface area contributed by atoms with Crippen LogP contribution < -0.4 is 14.7 Å². The molecular weight excluding hydrogens is 1010 g/mol. The number of para-hydroxylation sites is 6. The number of hydrogen-bond donors (Lipinski definition) is 0. The first-order chi connectivity index (χ1) is 35.9. The molecule has 0 spiro atoms. The first-order valence-electron chi connectivity index (χ1n) is 23.8. The Morgan fingerprint density at radius 3 is 1.00 bits per heavy atom. The van der Waals surface area contributed by atoms with Gasteiger partial charge >= 0.3 is 0 Å². The number of benzene rings is 10. The lowest BCUT2D eigenvalue weighted by molar-refractivity contribution is 0.620. The molecule has 0 unspecified atom stereocenters. The highest BCUT2D eigenvalue weighted by atomic mass is 79.9.